The summed E-state index contributed by atoms with van der Waals surface area (Å²) < 4.78 is 1.51. The van der Waals surface area contributed by atoms with Gasteiger partial charge in [0.05, 0.1) is 0 Å². The van der Waals surface area contributed by atoms with Crippen LogP contribution in [0.1, 0.15) is 10.5 Å². The molecule has 0 aliphatic carbocycles. The molecule has 2 aromatic heterocycles. The molecule has 6 nitrogen and oxygen atoms in total. The predicted molar refractivity (Wildman–Crippen MR) is 53.2 cm³/mol. The van der Waals surface area contributed by atoms with Gasteiger partial charge in [0.1, 0.15) is 12.0 Å². The van der Waals surface area contributed by atoms with Crippen molar-refractivity contribution in [1.82, 2.24) is 19.7 Å². The van der Waals surface area contributed by atoms with Crippen LogP contribution in [0.3, 0.4) is 0 Å². The molecule has 0 fully saturated rings. The Morgan fingerprint density at radius 1 is 1.40 bits per heavy atom. The minimum atomic E-state index is -0.318. The number of nitrogens with zero attached hydrogens (tertiary/aromatic N) is 4. The molecule has 1 N–H and O–H groups in total. The molecule has 0 unspecified atom stereocenters. The fourth-order valence-corrected chi connectivity index (χ4v) is 1.06. The highest BCUT2D eigenvalue weighted by Crippen LogP contribution is 1.99. The topological polar surface area (TPSA) is 72.7 Å². The number of hydrogen-bond acceptors (Lipinski definition) is 4. The first-order valence-electron chi connectivity index (χ1n) is 4.34. The van der Waals surface area contributed by atoms with E-state index >= 15 is 0 Å². The third-order valence-electron chi connectivity index (χ3n) is 1.72. The van der Waals surface area contributed by atoms with Gasteiger partial charge in [0.2, 0.25) is 5.95 Å². The summed E-state index contributed by atoms with van der Waals surface area (Å²) in [5, 5.41) is 6.46. The molecule has 0 atom stereocenters. The maximum Gasteiger partial charge on any atom is 0.276 e. The van der Waals surface area contributed by atoms with Crippen molar-refractivity contribution in [2.45, 2.75) is 0 Å². The SMILES string of the molecule is Cn1cnc(NC(=O)c2ccccn2)n1. The lowest BCUT2D eigenvalue weighted by Gasteiger charge is -1.98. The van der Waals surface area contributed by atoms with Crippen LogP contribution < -0.4 is 5.32 Å². The van der Waals surface area contributed by atoms with Gasteiger partial charge in [-0.05, 0) is 12.1 Å². The summed E-state index contributed by atoms with van der Waals surface area (Å²) in [7, 11) is 1.73. The Morgan fingerprint density at radius 2 is 2.27 bits per heavy atom. The van der Waals surface area contributed by atoms with Crippen LogP contribution in [0.5, 0.6) is 0 Å². The highest BCUT2D eigenvalue weighted by atomic mass is 16.2. The molecule has 2 rings (SSSR count). The standard InChI is InChI=1S/C9H9N5O/c1-14-6-11-9(13-14)12-8(15)7-4-2-3-5-10-7/h2-6H,1H3,(H,12,13,15). The molecule has 15 heavy (non-hydrogen) atoms. The van der Waals surface area contributed by atoms with Crippen molar-refractivity contribution in [3.8, 4) is 0 Å². The van der Waals surface area contributed by atoms with Gasteiger partial charge in [-0.25, -0.2) is 4.98 Å². The van der Waals surface area contributed by atoms with Crippen molar-refractivity contribution >= 4 is 11.9 Å². The molecule has 0 radical (unpaired) electrons. The normalized spacial score (nSPS) is 9.93. The van der Waals surface area contributed by atoms with Crippen molar-refractivity contribution < 1.29 is 4.79 Å². The molecule has 2 aromatic rings. The number of hydrogen-bond donors (Lipinski definition) is 1. The van der Waals surface area contributed by atoms with E-state index < -0.39 is 0 Å². The van der Waals surface area contributed by atoms with E-state index in [-0.39, 0.29) is 11.9 Å². The van der Waals surface area contributed by atoms with E-state index in [0.29, 0.717) is 5.69 Å². The molecular formula is C9H9N5O. The number of nitrogens with one attached hydrogen (secondary N) is 1. The lowest BCUT2D eigenvalue weighted by Crippen LogP contribution is -2.14. The lowest BCUT2D eigenvalue weighted by molar-refractivity contribution is 0.102. The van der Waals surface area contributed by atoms with Crippen LogP contribution in [0.4, 0.5) is 5.95 Å². The summed E-state index contributed by atoms with van der Waals surface area (Å²) in [4.78, 5) is 19.3. The molecular weight excluding hydrogens is 194 g/mol. The summed E-state index contributed by atoms with van der Waals surface area (Å²) in [5.41, 5.74) is 0.338. The quantitative estimate of drug-likeness (QED) is 0.769. The zero-order chi connectivity index (χ0) is 10.7. The monoisotopic (exact) mass is 203 g/mol. The zero-order valence-corrected chi connectivity index (χ0v) is 8.08. The predicted octanol–water partition coefficient (Wildman–Crippen LogP) is 0.462. The molecule has 0 aliphatic heterocycles. The number of aryl methyl sites for hydroxylation is 1. The van der Waals surface area contributed by atoms with Crippen LogP contribution in [0, 0.1) is 0 Å². The average molecular weight is 203 g/mol. The number of amides is 1. The van der Waals surface area contributed by atoms with Gasteiger partial charge in [0, 0.05) is 13.2 Å². The molecule has 0 spiro atoms. The number of carbonyl (C=O) groups is 1. The van der Waals surface area contributed by atoms with Gasteiger partial charge in [-0.1, -0.05) is 6.07 Å². The van der Waals surface area contributed by atoms with E-state index in [4.69, 9.17) is 0 Å². The minimum absolute atomic E-state index is 0.271. The van der Waals surface area contributed by atoms with Crippen LogP contribution in [0.15, 0.2) is 30.7 Å². The van der Waals surface area contributed by atoms with Gasteiger partial charge in [-0.2, -0.15) is 0 Å². The van der Waals surface area contributed by atoms with Crippen LogP contribution in [-0.2, 0) is 7.05 Å². The van der Waals surface area contributed by atoms with E-state index in [1.165, 1.54) is 11.0 Å². The van der Waals surface area contributed by atoms with Crippen LogP contribution in [0.2, 0.25) is 0 Å². The van der Waals surface area contributed by atoms with E-state index in [1.807, 2.05) is 0 Å². The summed E-state index contributed by atoms with van der Waals surface area (Å²) in [5.74, 6) is -0.0463. The van der Waals surface area contributed by atoms with Crippen molar-refractivity contribution in [3.05, 3.63) is 36.4 Å². The van der Waals surface area contributed by atoms with E-state index in [0.717, 1.165) is 0 Å². The summed E-state index contributed by atoms with van der Waals surface area (Å²) in [6, 6.07) is 5.11. The Kier molecular flexibility index (Phi) is 2.40. The Balaban J connectivity index is 2.11. The number of anilines is 1. The van der Waals surface area contributed by atoms with Gasteiger partial charge in [0.15, 0.2) is 0 Å². The maximum absolute atomic E-state index is 11.6. The number of pyridine rings is 1. The first kappa shape index (κ1) is 9.32. The molecule has 0 bridgehead atoms. The van der Waals surface area contributed by atoms with Gasteiger partial charge >= 0.3 is 0 Å². The Hall–Kier alpha value is -2.24. The van der Waals surface area contributed by atoms with Crippen molar-refractivity contribution in [2.24, 2.45) is 7.05 Å². The van der Waals surface area contributed by atoms with Crippen LogP contribution >= 0.6 is 0 Å². The van der Waals surface area contributed by atoms with E-state index in [9.17, 15) is 4.79 Å². The maximum atomic E-state index is 11.6. The first-order chi connectivity index (χ1) is 7.25. The highest BCUT2D eigenvalue weighted by molar-refractivity contribution is 6.01. The summed E-state index contributed by atoms with van der Waals surface area (Å²) in [6.45, 7) is 0. The molecule has 1 amide bonds. The van der Waals surface area contributed by atoms with Gasteiger partial charge < -0.3 is 0 Å². The van der Waals surface area contributed by atoms with Gasteiger partial charge in [-0.15, -0.1) is 5.10 Å². The van der Waals surface area contributed by atoms with Crippen LogP contribution in [0.25, 0.3) is 0 Å². The van der Waals surface area contributed by atoms with Crippen molar-refractivity contribution in [3.63, 3.8) is 0 Å². The third-order valence-corrected chi connectivity index (χ3v) is 1.72. The molecule has 6 heteroatoms. The minimum Gasteiger partial charge on any atom is -0.288 e. The number of aromatic nitrogens is 4. The molecule has 0 aliphatic rings. The van der Waals surface area contributed by atoms with Crippen molar-refractivity contribution in [1.29, 1.82) is 0 Å². The molecule has 76 valence electrons. The molecule has 0 saturated carbocycles. The Labute approximate surface area is 86.0 Å². The van der Waals surface area contributed by atoms with Crippen molar-refractivity contribution in [2.75, 3.05) is 5.32 Å². The third kappa shape index (κ3) is 2.16. The van der Waals surface area contributed by atoms with Gasteiger partial charge in [-0.3, -0.25) is 19.8 Å². The largest absolute Gasteiger partial charge is 0.288 e. The second kappa shape index (κ2) is 3.87. The summed E-state index contributed by atoms with van der Waals surface area (Å²) >= 11 is 0. The second-order valence-electron chi connectivity index (χ2n) is 2.91. The Morgan fingerprint density at radius 3 is 2.87 bits per heavy atom. The average Bonchev–Trinajstić information content (AvgIpc) is 2.65. The molecule has 2 heterocycles. The Bertz CT molecular complexity index is 464. The molecule has 0 aromatic carbocycles. The van der Waals surface area contributed by atoms with Gasteiger partial charge in [0.25, 0.3) is 5.91 Å². The van der Waals surface area contributed by atoms with Crippen LogP contribution in [-0.4, -0.2) is 25.7 Å². The fourth-order valence-electron chi connectivity index (χ4n) is 1.06. The number of rotatable bonds is 2. The number of carbonyl (C=O) groups excluding carboxylic acids is 1. The summed E-state index contributed by atoms with van der Waals surface area (Å²) in [6.07, 6.45) is 3.06. The fraction of sp³-hybridized carbons (Fsp3) is 0.111. The smallest absolute Gasteiger partial charge is 0.276 e. The second-order valence-corrected chi connectivity index (χ2v) is 2.91. The highest BCUT2D eigenvalue weighted by Gasteiger charge is 2.08. The van der Waals surface area contributed by atoms with E-state index in [2.05, 4.69) is 20.4 Å². The lowest BCUT2D eigenvalue weighted by atomic mass is 10.3. The first-order valence-corrected chi connectivity index (χ1v) is 4.34. The van der Waals surface area contributed by atoms with E-state index in [1.54, 1.807) is 31.4 Å². The molecule has 0 saturated heterocycles. The zero-order valence-electron chi connectivity index (χ0n) is 8.08.